The lowest BCUT2D eigenvalue weighted by atomic mass is 10.2. The molecule has 3 rings (SSSR count). The molecule has 10 nitrogen and oxygen atoms in total. The van der Waals surface area contributed by atoms with E-state index in [-0.39, 0.29) is 28.0 Å². The third kappa shape index (κ3) is 6.49. The van der Waals surface area contributed by atoms with Crippen molar-refractivity contribution in [3.05, 3.63) is 64.0 Å². The molecule has 12 heteroatoms. The highest BCUT2D eigenvalue weighted by molar-refractivity contribution is 7.89. The Morgan fingerprint density at radius 2 is 2.06 bits per heavy atom. The van der Waals surface area contributed by atoms with Gasteiger partial charge < -0.3 is 13.9 Å². The summed E-state index contributed by atoms with van der Waals surface area (Å²) in [5, 5.41) is 5.61. The second-order valence-electron chi connectivity index (χ2n) is 6.44. The van der Waals surface area contributed by atoms with Crippen molar-refractivity contribution in [1.29, 1.82) is 0 Å². The van der Waals surface area contributed by atoms with Crippen molar-refractivity contribution in [2.75, 3.05) is 7.11 Å². The molecule has 0 aliphatic heterocycles. The molecule has 1 aromatic carbocycles. The van der Waals surface area contributed by atoms with Crippen LogP contribution in [-0.2, 0) is 26.1 Å². The van der Waals surface area contributed by atoms with Crippen LogP contribution in [0.5, 0.6) is 11.5 Å². The number of esters is 1. The number of ether oxygens (including phenoxy) is 2. The van der Waals surface area contributed by atoms with Crippen LogP contribution in [0.3, 0.4) is 0 Å². The maximum Gasteiger partial charge on any atom is 0.308 e. The maximum absolute atomic E-state index is 12.3. The Hall–Kier alpha value is -3.51. The minimum atomic E-state index is -3.49. The fourth-order valence-electron chi connectivity index (χ4n) is 2.56. The number of benzene rings is 1. The predicted octanol–water partition coefficient (Wildman–Crippen LogP) is 2.55. The molecule has 0 unspecified atom stereocenters. The van der Waals surface area contributed by atoms with Crippen LogP contribution >= 0.6 is 11.3 Å². The number of aromatic nitrogens is 1. The monoisotopic (exact) mass is 477 g/mol. The molecule has 0 atom stereocenters. The third-order valence-electron chi connectivity index (χ3n) is 3.89. The number of amides is 1. The van der Waals surface area contributed by atoms with Crippen LogP contribution in [-0.4, -0.2) is 38.6 Å². The third-order valence-corrected chi connectivity index (χ3v) is 6.36. The first-order chi connectivity index (χ1) is 15.3. The summed E-state index contributed by atoms with van der Waals surface area (Å²) < 4.78 is 39.8. The van der Waals surface area contributed by atoms with Gasteiger partial charge in [-0.2, -0.15) is 5.10 Å². The van der Waals surface area contributed by atoms with Crippen LogP contribution in [0, 0.1) is 0 Å². The topological polar surface area (TPSA) is 137 Å². The number of rotatable bonds is 9. The molecule has 0 fully saturated rings. The molecule has 1 N–H and O–H groups in total. The molecule has 0 radical (unpaired) electrons. The van der Waals surface area contributed by atoms with Crippen LogP contribution in [0.15, 0.2) is 51.5 Å². The van der Waals surface area contributed by atoms with Crippen molar-refractivity contribution in [2.45, 2.75) is 18.4 Å². The van der Waals surface area contributed by atoms with E-state index in [9.17, 15) is 18.0 Å². The Kier molecular flexibility index (Phi) is 7.38. The van der Waals surface area contributed by atoms with Crippen molar-refractivity contribution in [2.24, 2.45) is 5.10 Å². The normalized spacial score (nSPS) is 11.4. The summed E-state index contributed by atoms with van der Waals surface area (Å²) in [5.41, 5.74) is 2.97. The highest BCUT2D eigenvalue weighted by Gasteiger charge is 2.19. The highest BCUT2D eigenvalue weighted by atomic mass is 32.2. The molecule has 0 aliphatic rings. The number of nitrogens with one attached hydrogen (secondary N) is 1. The molecule has 1 amide bonds. The number of hydrogen-bond acceptors (Lipinski definition) is 10. The molecule has 2 heterocycles. The summed E-state index contributed by atoms with van der Waals surface area (Å²) in [5.74, 6) is -0.682. The van der Waals surface area contributed by atoms with Gasteiger partial charge >= 0.3 is 5.97 Å². The Balaban J connectivity index is 1.59. The van der Waals surface area contributed by atoms with E-state index in [1.54, 1.807) is 30.3 Å². The molecular weight excluding hydrogens is 458 g/mol. The average Bonchev–Trinajstić information content (AvgIpc) is 3.40. The van der Waals surface area contributed by atoms with Crippen molar-refractivity contribution < 1.29 is 31.9 Å². The number of carbonyl (C=O) groups excluding carboxylic acids is 2. The second kappa shape index (κ2) is 10.2. The fourth-order valence-corrected chi connectivity index (χ4v) is 5.07. The van der Waals surface area contributed by atoms with Crippen LogP contribution in [0.1, 0.15) is 33.7 Å². The maximum atomic E-state index is 12.3. The first-order valence-corrected chi connectivity index (χ1v) is 11.8. The largest absolute Gasteiger partial charge is 0.493 e. The van der Waals surface area contributed by atoms with E-state index in [1.165, 1.54) is 31.9 Å². The van der Waals surface area contributed by atoms with Crippen molar-refractivity contribution in [1.82, 2.24) is 10.4 Å². The summed E-state index contributed by atoms with van der Waals surface area (Å²) in [6.07, 6.45) is 2.78. The quantitative estimate of drug-likeness (QED) is 0.215. The fraction of sp³-hybridized carbons (Fsp3) is 0.200. The lowest BCUT2D eigenvalue weighted by Gasteiger charge is -2.08. The SMILES string of the molecule is COc1cc(C=NNC(=O)c2csc(CS(=O)(=O)Cc3ccco3)n2)ccc1OC(C)=O. The first-order valence-electron chi connectivity index (χ1n) is 9.13. The summed E-state index contributed by atoms with van der Waals surface area (Å²) in [6, 6.07) is 7.94. The van der Waals surface area contributed by atoms with Gasteiger partial charge in [0, 0.05) is 12.3 Å². The summed E-state index contributed by atoms with van der Waals surface area (Å²) in [7, 11) is -2.06. The van der Waals surface area contributed by atoms with Gasteiger partial charge in [-0.05, 0) is 35.9 Å². The zero-order valence-corrected chi connectivity index (χ0v) is 18.7. The van der Waals surface area contributed by atoms with Crippen molar-refractivity contribution >= 4 is 39.3 Å². The van der Waals surface area contributed by atoms with Gasteiger partial charge in [-0.3, -0.25) is 9.59 Å². The van der Waals surface area contributed by atoms with Crippen LogP contribution < -0.4 is 14.9 Å². The Bertz CT molecular complexity index is 1230. The number of nitrogens with zero attached hydrogens (tertiary/aromatic N) is 2. The van der Waals surface area contributed by atoms with E-state index < -0.39 is 21.7 Å². The summed E-state index contributed by atoms with van der Waals surface area (Å²) in [6.45, 7) is 1.28. The van der Waals surface area contributed by atoms with E-state index in [2.05, 4.69) is 15.5 Å². The molecule has 0 saturated heterocycles. The molecule has 0 aliphatic carbocycles. The van der Waals surface area contributed by atoms with Gasteiger partial charge in [0.05, 0.1) is 19.6 Å². The smallest absolute Gasteiger partial charge is 0.308 e. The second-order valence-corrected chi connectivity index (χ2v) is 9.45. The molecule has 2 aromatic heterocycles. The zero-order valence-electron chi connectivity index (χ0n) is 17.1. The number of carbonyl (C=O) groups is 2. The van der Waals surface area contributed by atoms with Crippen LogP contribution in [0.4, 0.5) is 0 Å². The van der Waals surface area contributed by atoms with Gasteiger partial charge in [-0.15, -0.1) is 11.3 Å². The molecule has 3 aromatic rings. The lowest BCUT2D eigenvalue weighted by Crippen LogP contribution is -2.18. The van der Waals surface area contributed by atoms with Crippen molar-refractivity contribution in [3.63, 3.8) is 0 Å². The average molecular weight is 478 g/mol. The first kappa shape index (κ1) is 23.2. The summed E-state index contributed by atoms with van der Waals surface area (Å²) >= 11 is 1.07. The Morgan fingerprint density at radius 3 is 2.75 bits per heavy atom. The van der Waals surface area contributed by atoms with E-state index in [1.807, 2.05) is 0 Å². The molecular formula is C20H19N3O7S2. The van der Waals surface area contributed by atoms with Gasteiger partial charge in [0.25, 0.3) is 5.91 Å². The van der Waals surface area contributed by atoms with Gasteiger partial charge in [0.2, 0.25) is 0 Å². The van der Waals surface area contributed by atoms with Crippen LogP contribution in [0.2, 0.25) is 0 Å². The molecule has 0 saturated carbocycles. The number of thiazole rings is 1. The Morgan fingerprint density at radius 1 is 1.25 bits per heavy atom. The van der Waals surface area contributed by atoms with Gasteiger partial charge in [-0.1, -0.05) is 0 Å². The Labute approximate surface area is 187 Å². The zero-order chi connectivity index (χ0) is 23.1. The number of sulfone groups is 1. The minimum absolute atomic E-state index is 0.0538. The standard InChI is InChI=1S/C20H19N3O7S2/c1-13(24)30-17-6-5-14(8-18(17)28-2)9-21-23-20(25)16-10-31-19(22-16)12-32(26,27)11-15-4-3-7-29-15/h3-10H,11-12H2,1-2H3,(H,23,25). The van der Waals surface area contributed by atoms with Crippen molar-refractivity contribution in [3.8, 4) is 11.5 Å². The number of methoxy groups -OCH3 is 1. The van der Waals surface area contributed by atoms with Gasteiger partial charge in [0.1, 0.15) is 28.0 Å². The number of hydrazone groups is 1. The van der Waals surface area contributed by atoms with E-state index in [0.29, 0.717) is 17.1 Å². The van der Waals surface area contributed by atoms with Gasteiger partial charge in [-0.25, -0.2) is 18.8 Å². The number of furan rings is 1. The van der Waals surface area contributed by atoms with E-state index in [0.717, 1.165) is 11.3 Å². The molecule has 168 valence electrons. The summed E-state index contributed by atoms with van der Waals surface area (Å²) in [4.78, 5) is 27.4. The van der Waals surface area contributed by atoms with E-state index >= 15 is 0 Å². The predicted molar refractivity (Wildman–Crippen MR) is 117 cm³/mol. The molecule has 0 bridgehead atoms. The van der Waals surface area contributed by atoms with Crippen LogP contribution in [0.25, 0.3) is 0 Å². The van der Waals surface area contributed by atoms with Gasteiger partial charge in [0.15, 0.2) is 21.3 Å². The van der Waals surface area contributed by atoms with E-state index in [4.69, 9.17) is 13.9 Å². The molecule has 0 spiro atoms. The minimum Gasteiger partial charge on any atom is -0.493 e. The highest BCUT2D eigenvalue weighted by Crippen LogP contribution is 2.27. The lowest BCUT2D eigenvalue weighted by molar-refractivity contribution is -0.132. The molecule has 32 heavy (non-hydrogen) atoms. The number of hydrogen-bond donors (Lipinski definition) is 1.